The SMILES string of the molecule is C=c1ccc(=C(c2cccc(Cl)c2)c2ccc(N(CC)CC)cc2C)cc1. The summed E-state index contributed by atoms with van der Waals surface area (Å²) in [6.45, 7) is 12.6. The number of hydrogen-bond donors (Lipinski definition) is 0. The van der Waals surface area contributed by atoms with Crippen LogP contribution in [0.15, 0.2) is 66.7 Å². The Kier molecular flexibility index (Phi) is 6.03. The van der Waals surface area contributed by atoms with Crippen LogP contribution in [0.25, 0.3) is 12.2 Å². The van der Waals surface area contributed by atoms with Crippen LogP contribution < -0.4 is 15.3 Å². The van der Waals surface area contributed by atoms with Gasteiger partial charge in [-0.2, -0.15) is 0 Å². The maximum atomic E-state index is 6.30. The lowest BCUT2D eigenvalue weighted by Crippen LogP contribution is -2.22. The van der Waals surface area contributed by atoms with Crippen molar-refractivity contribution in [3.63, 3.8) is 0 Å². The van der Waals surface area contributed by atoms with E-state index in [0.29, 0.717) is 0 Å². The maximum absolute atomic E-state index is 6.30. The molecule has 0 saturated heterocycles. The zero-order valence-electron chi connectivity index (χ0n) is 16.3. The number of halogens is 1. The zero-order valence-corrected chi connectivity index (χ0v) is 17.1. The summed E-state index contributed by atoms with van der Waals surface area (Å²) in [5.74, 6) is 0. The van der Waals surface area contributed by atoms with Gasteiger partial charge in [0.2, 0.25) is 0 Å². The van der Waals surface area contributed by atoms with E-state index in [2.05, 4.69) is 80.8 Å². The van der Waals surface area contributed by atoms with Gasteiger partial charge in [0.25, 0.3) is 0 Å². The van der Waals surface area contributed by atoms with E-state index >= 15 is 0 Å². The van der Waals surface area contributed by atoms with Crippen molar-refractivity contribution in [2.24, 2.45) is 0 Å². The van der Waals surface area contributed by atoms with Crippen molar-refractivity contribution in [3.8, 4) is 0 Å². The van der Waals surface area contributed by atoms with Crippen molar-refractivity contribution in [1.82, 2.24) is 0 Å². The molecule has 0 bridgehead atoms. The van der Waals surface area contributed by atoms with Crippen LogP contribution in [0.4, 0.5) is 5.69 Å². The Bertz CT molecular complexity index is 1020. The molecule has 3 aromatic rings. The molecule has 3 aromatic carbocycles. The second-order valence-corrected chi connectivity index (χ2v) is 7.19. The molecule has 0 atom stereocenters. The molecule has 138 valence electrons. The molecule has 0 aliphatic rings. The van der Waals surface area contributed by atoms with Crippen molar-refractivity contribution in [2.75, 3.05) is 18.0 Å². The van der Waals surface area contributed by atoms with E-state index < -0.39 is 0 Å². The lowest BCUT2D eigenvalue weighted by molar-refractivity contribution is 0.865. The third-order valence-electron chi connectivity index (χ3n) is 4.96. The minimum Gasteiger partial charge on any atom is -0.372 e. The van der Waals surface area contributed by atoms with Gasteiger partial charge in [-0.05, 0) is 77.7 Å². The van der Waals surface area contributed by atoms with Gasteiger partial charge in [-0.15, -0.1) is 0 Å². The van der Waals surface area contributed by atoms with E-state index in [1.165, 1.54) is 27.6 Å². The normalized spacial score (nSPS) is 10.7. The zero-order chi connectivity index (χ0) is 19.4. The molecule has 0 aliphatic heterocycles. The quantitative estimate of drug-likeness (QED) is 0.596. The van der Waals surface area contributed by atoms with Crippen molar-refractivity contribution < 1.29 is 0 Å². The molecule has 0 aliphatic carbocycles. The van der Waals surface area contributed by atoms with Crippen LogP contribution in [0.5, 0.6) is 0 Å². The van der Waals surface area contributed by atoms with E-state index in [-0.39, 0.29) is 0 Å². The number of nitrogens with zero attached hydrogens (tertiary/aromatic N) is 1. The molecule has 1 nitrogen and oxygen atoms in total. The highest BCUT2D eigenvalue weighted by Gasteiger charge is 2.12. The lowest BCUT2D eigenvalue weighted by Gasteiger charge is -2.23. The molecule has 0 heterocycles. The van der Waals surface area contributed by atoms with Gasteiger partial charge in [0, 0.05) is 23.8 Å². The van der Waals surface area contributed by atoms with Crippen LogP contribution >= 0.6 is 11.6 Å². The van der Waals surface area contributed by atoms with Gasteiger partial charge in [0.1, 0.15) is 0 Å². The molecular formula is C25H26ClN. The minimum absolute atomic E-state index is 0.746. The van der Waals surface area contributed by atoms with Crippen molar-refractivity contribution in [2.45, 2.75) is 20.8 Å². The molecule has 0 aromatic heterocycles. The number of rotatable bonds is 5. The standard InChI is InChI=1S/C25H26ClN/c1-5-27(6-2)23-14-15-24(19(4)16-23)25(20-12-10-18(3)11-13-20)21-8-7-9-22(26)17-21/h7-17H,3,5-6H2,1-2,4H3. The van der Waals surface area contributed by atoms with E-state index in [0.717, 1.165) is 28.9 Å². The fourth-order valence-corrected chi connectivity index (χ4v) is 3.70. The van der Waals surface area contributed by atoms with Gasteiger partial charge in [0.05, 0.1) is 0 Å². The summed E-state index contributed by atoms with van der Waals surface area (Å²) in [6.07, 6.45) is 0. The summed E-state index contributed by atoms with van der Waals surface area (Å²) in [4.78, 5) is 2.37. The predicted molar refractivity (Wildman–Crippen MR) is 119 cm³/mol. The minimum atomic E-state index is 0.746. The number of anilines is 1. The van der Waals surface area contributed by atoms with E-state index in [9.17, 15) is 0 Å². The number of benzene rings is 3. The molecule has 2 heteroatoms. The Balaban J connectivity index is 2.25. The Morgan fingerprint density at radius 1 is 0.926 bits per heavy atom. The molecule has 0 spiro atoms. The molecule has 0 fully saturated rings. The molecule has 0 amide bonds. The Labute approximate surface area is 167 Å². The number of hydrogen-bond acceptors (Lipinski definition) is 1. The Hall–Kier alpha value is -2.51. The molecule has 0 radical (unpaired) electrons. The topological polar surface area (TPSA) is 3.24 Å². The fourth-order valence-electron chi connectivity index (χ4n) is 3.51. The van der Waals surface area contributed by atoms with Gasteiger partial charge in [-0.3, -0.25) is 0 Å². The molecule has 0 saturated carbocycles. The van der Waals surface area contributed by atoms with E-state index in [4.69, 9.17) is 11.6 Å². The lowest BCUT2D eigenvalue weighted by atomic mass is 9.92. The third-order valence-corrected chi connectivity index (χ3v) is 5.20. The van der Waals surface area contributed by atoms with E-state index in [1.54, 1.807) is 0 Å². The highest BCUT2D eigenvalue weighted by molar-refractivity contribution is 6.30. The summed E-state index contributed by atoms with van der Waals surface area (Å²) >= 11 is 6.30. The average Bonchev–Trinajstić information content (AvgIpc) is 2.66. The summed E-state index contributed by atoms with van der Waals surface area (Å²) in [5.41, 5.74) is 6.07. The maximum Gasteiger partial charge on any atom is 0.0412 e. The second kappa shape index (κ2) is 8.45. The first kappa shape index (κ1) is 19.3. The predicted octanol–water partition coefficient (Wildman–Crippen LogP) is 5.15. The fraction of sp³-hybridized carbons (Fsp3) is 0.200. The van der Waals surface area contributed by atoms with E-state index in [1.807, 2.05) is 18.2 Å². The number of aryl methyl sites for hydroxylation is 1. The first-order chi connectivity index (χ1) is 13.0. The van der Waals surface area contributed by atoms with Gasteiger partial charge in [-0.25, -0.2) is 0 Å². The monoisotopic (exact) mass is 375 g/mol. The van der Waals surface area contributed by atoms with Crippen LogP contribution in [0, 0.1) is 6.92 Å². The average molecular weight is 376 g/mol. The van der Waals surface area contributed by atoms with Crippen molar-refractivity contribution in [3.05, 3.63) is 98.9 Å². The highest BCUT2D eigenvalue weighted by atomic mass is 35.5. The first-order valence-corrected chi connectivity index (χ1v) is 9.82. The largest absolute Gasteiger partial charge is 0.372 e. The van der Waals surface area contributed by atoms with Crippen molar-refractivity contribution in [1.29, 1.82) is 0 Å². The first-order valence-electron chi connectivity index (χ1n) is 9.44. The Morgan fingerprint density at radius 3 is 2.22 bits per heavy atom. The smallest absolute Gasteiger partial charge is 0.0412 e. The van der Waals surface area contributed by atoms with Gasteiger partial charge >= 0.3 is 0 Å². The van der Waals surface area contributed by atoms with Gasteiger partial charge in [-0.1, -0.05) is 60.6 Å². The van der Waals surface area contributed by atoms with Crippen LogP contribution in [-0.2, 0) is 0 Å². The molecule has 3 rings (SSSR count). The van der Waals surface area contributed by atoms with Crippen LogP contribution in [0.1, 0.15) is 30.5 Å². The molecular weight excluding hydrogens is 350 g/mol. The van der Waals surface area contributed by atoms with Crippen LogP contribution in [0.3, 0.4) is 0 Å². The van der Waals surface area contributed by atoms with Crippen LogP contribution in [0.2, 0.25) is 5.02 Å². The Morgan fingerprint density at radius 2 is 1.63 bits per heavy atom. The van der Waals surface area contributed by atoms with Crippen molar-refractivity contribution >= 4 is 29.4 Å². The summed E-state index contributed by atoms with van der Waals surface area (Å²) in [7, 11) is 0. The second-order valence-electron chi connectivity index (χ2n) is 6.75. The third kappa shape index (κ3) is 4.26. The summed E-state index contributed by atoms with van der Waals surface area (Å²) in [6, 6.07) is 23.2. The van der Waals surface area contributed by atoms with Gasteiger partial charge < -0.3 is 4.90 Å². The highest BCUT2D eigenvalue weighted by Crippen LogP contribution is 2.28. The molecule has 27 heavy (non-hydrogen) atoms. The molecule has 0 unspecified atom stereocenters. The summed E-state index contributed by atoms with van der Waals surface area (Å²) < 4.78 is 0. The van der Waals surface area contributed by atoms with Crippen LogP contribution in [-0.4, -0.2) is 13.1 Å². The van der Waals surface area contributed by atoms with Gasteiger partial charge in [0.15, 0.2) is 0 Å². The summed E-state index contributed by atoms with van der Waals surface area (Å²) in [5, 5.41) is 2.93. The molecule has 0 N–H and O–H groups in total.